The van der Waals surface area contributed by atoms with Crippen LogP contribution in [0.3, 0.4) is 0 Å². The van der Waals surface area contributed by atoms with Gasteiger partial charge in [-0.3, -0.25) is 14.2 Å². The van der Waals surface area contributed by atoms with E-state index in [1.54, 1.807) is 0 Å². The number of aromatic nitrogens is 4. The molecule has 6 heteroatoms. The van der Waals surface area contributed by atoms with Crippen molar-refractivity contribution in [2.24, 2.45) is 0 Å². The third kappa shape index (κ3) is 3.59. The minimum absolute atomic E-state index is 0.0334. The van der Waals surface area contributed by atoms with E-state index in [1.807, 2.05) is 59.7 Å². The van der Waals surface area contributed by atoms with Crippen LogP contribution in [0.2, 0.25) is 0 Å². The van der Waals surface area contributed by atoms with E-state index in [9.17, 15) is 4.79 Å². The largest absolute Gasteiger partial charge is 0.354 e. The van der Waals surface area contributed by atoms with Gasteiger partial charge in [0.25, 0.3) is 0 Å². The van der Waals surface area contributed by atoms with Gasteiger partial charge < -0.3 is 5.32 Å². The molecule has 0 saturated carbocycles. The average Bonchev–Trinajstić information content (AvgIpc) is 3.08. The first kappa shape index (κ1) is 15.3. The molecule has 2 heterocycles. The molecule has 2 aromatic heterocycles. The molecule has 0 aliphatic carbocycles. The standard InChI is InChI=1S/C17H21N5O/c1-13-11-14(2)21(20-13)10-8-18-17(23)7-9-22-16-6-4-3-5-15(16)12-19-22/h3-6,11-12H,7-10H2,1-2H3,(H,18,23). The van der Waals surface area contributed by atoms with Crippen LogP contribution >= 0.6 is 0 Å². The topological polar surface area (TPSA) is 64.7 Å². The molecule has 1 N–H and O–H groups in total. The Balaban J connectivity index is 1.47. The van der Waals surface area contributed by atoms with E-state index in [1.165, 1.54) is 0 Å². The normalized spacial score (nSPS) is 11.0. The molecule has 1 amide bonds. The summed E-state index contributed by atoms with van der Waals surface area (Å²) in [6.07, 6.45) is 2.25. The van der Waals surface area contributed by atoms with E-state index in [0.717, 1.165) is 22.3 Å². The number of amides is 1. The molecule has 23 heavy (non-hydrogen) atoms. The molecule has 0 radical (unpaired) electrons. The molecular weight excluding hydrogens is 290 g/mol. The Labute approximate surface area is 135 Å². The van der Waals surface area contributed by atoms with Gasteiger partial charge in [0.1, 0.15) is 0 Å². The van der Waals surface area contributed by atoms with Gasteiger partial charge in [0.05, 0.1) is 30.5 Å². The summed E-state index contributed by atoms with van der Waals surface area (Å²) in [4.78, 5) is 12.0. The number of carbonyl (C=O) groups excluding carboxylic acids is 1. The molecule has 3 aromatic rings. The highest BCUT2D eigenvalue weighted by molar-refractivity contribution is 5.79. The number of aryl methyl sites for hydroxylation is 3. The van der Waals surface area contributed by atoms with Crippen molar-refractivity contribution in [1.82, 2.24) is 24.9 Å². The summed E-state index contributed by atoms with van der Waals surface area (Å²) >= 11 is 0. The zero-order chi connectivity index (χ0) is 16.2. The minimum atomic E-state index is 0.0334. The molecule has 0 aliphatic heterocycles. The van der Waals surface area contributed by atoms with Crippen LogP contribution in [-0.4, -0.2) is 32.0 Å². The van der Waals surface area contributed by atoms with Gasteiger partial charge in [-0.15, -0.1) is 0 Å². The van der Waals surface area contributed by atoms with Gasteiger partial charge in [-0.25, -0.2) is 0 Å². The van der Waals surface area contributed by atoms with Gasteiger partial charge in [0.2, 0.25) is 5.91 Å². The maximum atomic E-state index is 12.0. The van der Waals surface area contributed by atoms with Gasteiger partial charge in [-0.1, -0.05) is 18.2 Å². The molecule has 0 fully saturated rings. The summed E-state index contributed by atoms with van der Waals surface area (Å²) in [6.45, 7) is 5.84. The molecule has 0 aliphatic rings. The molecular formula is C17H21N5O. The van der Waals surface area contributed by atoms with E-state index in [2.05, 4.69) is 15.5 Å². The first-order valence-corrected chi connectivity index (χ1v) is 7.82. The molecule has 3 rings (SSSR count). The zero-order valence-corrected chi connectivity index (χ0v) is 13.5. The van der Waals surface area contributed by atoms with Crippen molar-refractivity contribution in [3.8, 4) is 0 Å². The summed E-state index contributed by atoms with van der Waals surface area (Å²) in [5.74, 6) is 0.0334. The van der Waals surface area contributed by atoms with Gasteiger partial charge in [-0.2, -0.15) is 10.2 Å². The SMILES string of the molecule is Cc1cc(C)n(CCNC(=O)CCn2ncc3ccccc32)n1. The maximum absolute atomic E-state index is 12.0. The Morgan fingerprint density at radius 3 is 2.78 bits per heavy atom. The minimum Gasteiger partial charge on any atom is -0.354 e. The number of hydrogen-bond donors (Lipinski definition) is 1. The van der Waals surface area contributed by atoms with Crippen LogP contribution in [-0.2, 0) is 17.9 Å². The Kier molecular flexibility index (Phi) is 4.41. The summed E-state index contributed by atoms with van der Waals surface area (Å²) < 4.78 is 3.78. The second kappa shape index (κ2) is 6.64. The van der Waals surface area contributed by atoms with Crippen molar-refractivity contribution in [3.05, 3.63) is 47.9 Å². The number of nitrogens with one attached hydrogen (secondary N) is 1. The number of nitrogens with zero attached hydrogens (tertiary/aromatic N) is 4. The van der Waals surface area contributed by atoms with Gasteiger partial charge in [-0.05, 0) is 26.0 Å². The van der Waals surface area contributed by atoms with E-state index in [0.29, 0.717) is 26.1 Å². The van der Waals surface area contributed by atoms with E-state index < -0.39 is 0 Å². The second-order valence-electron chi connectivity index (χ2n) is 5.68. The van der Waals surface area contributed by atoms with Crippen molar-refractivity contribution in [2.45, 2.75) is 33.4 Å². The van der Waals surface area contributed by atoms with Crippen molar-refractivity contribution >= 4 is 16.8 Å². The van der Waals surface area contributed by atoms with Gasteiger partial charge in [0.15, 0.2) is 0 Å². The fourth-order valence-electron chi connectivity index (χ4n) is 2.70. The van der Waals surface area contributed by atoms with Crippen molar-refractivity contribution in [3.63, 3.8) is 0 Å². The van der Waals surface area contributed by atoms with Crippen LogP contribution in [0.15, 0.2) is 36.5 Å². The third-order valence-electron chi connectivity index (χ3n) is 3.85. The Morgan fingerprint density at radius 2 is 2.00 bits per heavy atom. The lowest BCUT2D eigenvalue weighted by Crippen LogP contribution is -2.28. The highest BCUT2D eigenvalue weighted by atomic mass is 16.1. The molecule has 120 valence electrons. The molecule has 0 unspecified atom stereocenters. The first-order valence-electron chi connectivity index (χ1n) is 7.82. The average molecular weight is 311 g/mol. The number of hydrogen-bond acceptors (Lipinski definition) is 3. The van der Waals surface area contributed by atoms with Crippen LogP contribution in [0.25, 0.3) is 10.9 Å². The number of rotatable bonds is 6. The highest BCUT2D eigenvalue weighted by Gasteiger charge is 2.06. The van der Waals surface area contributed by atoms with Gasteiger partial charge >= 0.3 is 0 Å². The molecule has 0 saturated heterocycles. The van der Waals surface area contributed by atoms with Crippen LogP contribution in [0.1, 0.15) is 17.8 Å². The summed E-state index contributed by atoms with van der Waals surface area (Å²) in [7, 11) is 0. The molecule has 6 nitrogen and oxygen atoms in total. The number of carbonyl (C=O) groups is 1. The van der Waals surface area contributed by atoms with Crippen molar-refractivity contribution < 1.29 is 4.79 Å². The lowest BCUT2D eigenvalue weighted by atomic mass is 10.2. The van der Waals surface area contributed by atoms with Gasteiger partial charge in [0, 0.05) is 24.0 Å². The summed E-state index contributed by atoms with van der Waals surface area (Å²) in [5, 5.41) is 12.7. The van der Waals surface area contributed by atoms with Crippen LogP contribution in [0, 0.1) is 13.8 Å². The number of benzene rings is 1. The molecule has 0 bridgehead atoms. The third-order valence-corrected chi connectivity index (χ3v) is 3.85. The lowest BCUT2D eigenvalue weighted by molar-refractivity contribution is -0.121. The molecule has 1 aromatic carbocycles. The zero-order valence-electron chi connectivity index (χ0n) is 13.5. The van der Waals surface area contributed by atoms with E-state index >= 15 is 0 Å². The fourth-order valence-corrected chi connectivity index (χ4v) is 2.70. The first-order chi connectivity index (χ1) is 11.1. The Hall–Kier alpha value is -2.63. The predicted octanol–water partition coefficient (Wildman–Crippen LogP) is 2.06. The Bertz CT molecular complexity index is 817. The van der Waals surface area contributed by atoms with Crippen molar-refractivity contribution in [1.29, 1.82) is 0 Å². The quantitative estimate of drug-likeness (QED) is 0.758. The summed E-state index contributed by atoms with van der Waals surface area (Å²) in [5.41, 5.74) is 3.17. The van der Waals surface area contributed by atoms with Crippen LogP contribution in [0.5, 0.6) is 0 Å². The Morgan fingerprint density at radius 1 is 1.17 bits per heavy atom. The molecule has 0 spiro atoms. The maximum Gasteiger partial charge on any atom is 0.221 e. The summed E-state index contributed by atoms with van der Waals surface area (Å²) in [6, 6.07) is 10.0. The van der Waals surface area contributed by atoms with Crippen LogP contribution in [0.4, 0.5) is 0 Å². The van der Waals surface area contributed by atoms with Crippen LogP contribution < -0.4 is 5.32 Å². The van der Waals surface area contributed by atoms with E-state index in [4.69, 9.17) is 0 Å². The van der Waals surface area contributed by atoms with Crippen molar-refractivity contribution in [2.75, 3.05) is 6.54 Å². The number of fused-ring (bicyclic) bond motifs is 1. The highest BCUT2D eigenvalue weighted by Crippen LogP contribution is 2.12. The predicted molar refractivity (Wildman–Crippen MR) is 89.1 cm³/mol. The number of para-hydroxylation sites is 1. The molecule has 0 atom stereocenters. The fraction of sp³-hybridized carbons (Fsp3) is 0.353. The smallest absolute Gasteiger partial charge is 0.221 e. The monoisotopic (exact) mass is 311 g/mol. The lowest BCUT2D eigenvalue weighted by Gasteiger charge is -2.07. The van der Waals surface area contributed by atoms with E-state index in [-0.39, 0.29) is 5.91 Å². The second-order valence-corrected chi connectivity index (χ2v) is 5.68.